The highest BCUT2D eigenvalue weighted by Crippen LogP contribution is 2.27. The van der Waals surface area contributed by atoms with Crippen molar-refractivity contribution in [3.05, 3.63) is 11.9 Å². The zero-order chi connectivity index (χ0) is 12.1. The maximum Gasteiger partial charge on any atom is 0.0579 e. The Hall–Kier alpha value is -0.790. The van der Waals surface area contributed by atoms with Crippen molar-refractivity contribution >= 4 is 6.21 Å². The lowest BCUT2D eigenvalue weighted by molar-refractivity contribution is 0.310. The van der Waals surface area contributed by atoms with Crippen molar-refractivity contribution in [1.82, 2.24) is 0 Å². The molecular formula is C13H26N2. The number of hydrogen-bond acceptors (Lipinski definition) is 2. The molecule has 0 heterocycles. The van der Waals surface area contributed by atoms with Crippen LogP contribution in [0.1, 0.15) is 48.0 Å². The highest BCUT2D eigenvalue weighted by molar-refractivity contribution is 5.63. The second-order valence-corrected chi connectivity index (χ2v) is 5.41. The summed E-state index contributed by atoms with van der Waals surface area (Å²) >= 11 is 0. The molecule has 0 aromatic carbocycles. The van der Waals surface area contributed by atoms with Crippen LogP contribution in [0.25, 0.3) is 0 Å². The zero-order valence-electron chi connectivity index (χ0n) is 11.0. The van der Waals surface area contributed by atoms with Crippen molar-refractivity contribution < 1.29 is 0 Å². The molecule has 2 heteroatoms. The molecule has 0 radical (unpaired) electrons. The van der Waals surface area contributed by atoms with Gasteiger partial charge in [0.2, 0.25) is 0 Å². The van der Waals surface area contributed by atoms with Gasteiger partial charge in [-0.1, -0.05) is 41.5 Å². The summed E-state index contributed by atoms with van der Waals surface area (Å²) in [5, 5.41) is 0. The van der Waals surface area contributed by atoms with Gasteiger partial charge >= 0.3 is 0 Å². The average molecular weight is 210 g/mol. The Kier molecular flexibility index (Phi) is 5.63. The molecule has 0 aromatic heterocycles. The van der Waals surface area contributed by atoms with Crippen molar-refractivity contribution in [3.63, 3.8) is 0 Å². The summed E-state index contributed by atoms with van der Waals surface area (Å²) < 4.78 is 0. The molecule has 2 nitrogen and oxygen atoms in total. The van der Waals surface area contributed by atoms with Crippen molar-refractivity contribution in [1.29, 1.82) is 0 Å². The highest BCUT2D eigenvalue weighted by atomic mass is 14.8. The fourth-order valence-corrected chi connectivity index (χ4v) is 1.50. The minimum Gasteiger partial charge on any atom is -0.403 e. The third-order valence-corrected chi connectivity index (χ3v) is 2.72. The molecule has 0 rings (SSSR count). The maximum atomic E-state index is 5.53. The smallest absolute Gasteiger partial charge is 0.0579 e. The first kappa shape index (κ1) is 14.2. The summed E-state index contributed by atoms with van der Waals surface area (Å²) in [4.78, 5) is 4.49. The first-order valence-corrected chi connectivity index (χ1v) is 5.78. The van der Waals surface area contributed by atoms with Gasteiger partial charge in [0.1, 0.15) is 0 Å². The second kappa shape index (κ2) is 5.94. The molecule has 0 aliphatic rings. The van der Waals surface area contributed by atoms with E-state index in [1.54, 1.807) is 6.20 Å². The quantitative estimate of drug-likeness (QED) is 0.708. The van der Waals surface area contributed by atoms with Crippen LogP contribution < -0.4 is 5.73 Å². The van der Waals surface area contributed by atoms with Gasteiger partial charge in [0.05, 0.1) is 5.70 Å². The summed E-state index contributed by atoms with van der Waals surface area (Å²) in [6.07, 6.45) is 4.78. The maximum absolute atomic E-state index is 5.53. The van der Waals surface area contributed by atoms with Gasteiger partial charge in [-0.05, 0) is 23.7 Å². The first-order valence-electron chi connectivity index (χ1n) is 5.78. The SMILES string of the molecule is CCC(C=N/C(=C\N)C(C)C)C(C)(C)C. The number of nitrogens with zero attached hydrogens (tertiary/aromatic N) is 1. The van der Waals surface area contributed by atoms with E-state index in [2.05, 4.69) is 52.7 Å². The first-order chi connectivity index (χ1) is 6.82. The van der Waals surface area contributed by atoms with E-state index in [-0.39, 0.29) is 5.41 Å². The van der Waals surface area contributed by atoms with Gasteiger partial charge in [0.25, 0.3) is 0 Å². The third-order valence-electron chi connectivity index (χ3n) is 2.72. The number of hydrogen-bond donors (Lipinski definition) is 1. The second-order valence-electron chi connectivity index (χ2n) is 5.41. The van der Waals surface area contributed by atoms with E-state index < -0.39 is 0 Å². The van der Waals surface area contributed by atoms with Gasteiger partial charge in [0, 0.05) is 12.4 Å². The lowest BCUT2D eigenvalue weighted by Crippen LogP contribution is -2.21. The van der Waals surface area contributed by atoms with Crippen LogP contribution in [0.15, 0.2) is 16.9 Å². The van der Waals surface area contributed by atoms with E-state index in [4.69, 9.17) is 5.73 Å². The molecular weight excluding hydrogens is 184 g/mol. The summed E-state index contributed by atoms with van der Waals surface area (Å²) in [6.45, 7) is 13.1. The topological polar surface area (TPSA) is 38.4 Å². The summed E-state index contributed by atoms with van der Waals surface area (Å²) in [5.74, 6) is 0.898. The van der Waals surface area contributed by atoms with Crippen molar-refractivity contribution in [2.75, 3.05) is 0 Å². The molecule has 0 saturated carbocycles. The minimum atomic E-state index is 0.273. The van der Waals surface area contributed by atoms with Gasteiger partial charge in [-0.3, -0.25) is 4.99 Å². The van der Waals surface area contributed by atoms with Crippen LogP contribution in [0.5, 0.6) is 0 Å². The highest BCUT2D eigenvalue weighted by Gasteiger charge is 2.20. The van der Waals surface area contributed by atoms with Crippen LogP contribution in [-0.2, 0) is 0 Å². The number of aliphatic imine (C=N–C) groups is 1. The van der Waals surface area contributed by atoms with Crippen LogP contribution in [0, 0.1) is 17.3 Å². The predicted molar refractivity (Wildman–Crippen MR) is 68.8 cm³/mol. The lowest BCUT2D eigenvalue weighted by atomic mass is 9.80. The fraction of sp³-hybridized carbons (Fsp3) is 0.769. The number of rotatable bonds is 4. The van der Waals surface area contributed by atoms with E-state index in [1.165, 1.54) is 0 Å². The molecule has 1 atom stereocenters. The van der Waals surface area contributed by atoms with E-state index in [0.29, 0.717) is 11.8 Å². The fourth-order valence-electron chi connectivity index (χ4n) is 1.50. The molecule has 0 bridgehead atoms. The van der Waals surface area contributed by atoms with Gasteiger partial charge < -0.3 is 5.73 Å². The van der Waals surface area contributed by atoms with Crippen LogP contribution >= 0.6 is 0 Å². The Labute approximate surface area is 94.7 Å². The molecule has 2 N–H and O–H groups in total. The van der Waals surface area contributed by atoms with E-state index in [0.717, 1.165) is 12.1 Å². The van der Waals surface area contributed by atoms with Gasteiger partial charge in [-0.2, -0.15) is 0 Å². The van der Waals surface area contributed by atoms with Crippen LogP contribution in [0.3, 0.4) is 0 Å². The molecule has 0 spiro atoms. The van der Waals surface area contributed by atoms with E-state index >= 15 is 0 Å². The Bertz CT molecular complexity index is 231. The summed E-state index contributed by atoms with van der Waals surface area (Å²) in [6, 6.07) is 0. The van der Waals surface area contributed by atoms with Gasteiger partial charge in [-0.25, -0.2) is 0 Å². The van der Waals surface area contributed by atoms with Crippen molar-refractivity contribution in [3.8, 4) is 0 Å². The van der Waals surface area contributed by atoms with Crippen LogP contribution in [0.4, 0.5) is 0 Å². The van der Waals surface area contributed by atoms with Gasteiger partial charge in [0.15, 0.2) is 0 Å². The molecule has 0 amide bonds. The molecule has 0 aliphatic carbocycles. The standard InChI is InChI=1S/C13H26N2/c1-7-11(13(4,5)6)9-15-12(8-14)10(2)3/h8-11H,7,14H2,1-6H3/b12-8-,15-9?. The van der Waals surface area contributed by atoms with E-state index in [9.17, 15) is 0 Å². The molecule has 0 saturated heterocycles. The zero-order valence-corrected chi connectivity index (χ0v) is 11.0. The molecule has 1 unspecified atom stereocenters. The van der Waals surface area contributed by atoms with Crippen LogP contribution in [-0.4, -0.2) is 6.21 Å². The Morgan fingerprint density at radius 3 is 2.13 bits per heavy atom. The summed E-state index contributed by atoms with van der Waals surface area (Å²) in [7, 11) is 0. The minimum absolute atomic E-state index is 0.273. The monoisotopic (exact) mass is 210 g/mol. The van der Waals surface area contributed by atoms with E-state index in [1.807, 2.05) is 0 Å². The normalized spacial score (nSPS) is 16.3. The number of allylic oxidation sites excluding steroid dienone is 1. The predicted octanol–water partition coefficient (Wildman–Crippen LogP) is 3.59. The van der Waals surface area contributed by atoms with Crippen molar-refractivity contribution in [2.24, 2.45) is 28.0 Å². The summed E-state index contributed by atoms with van der Waals surface area (Å²) in [5.41, 5.74) is 6.78. The van der Waals surface area contributed by atoms with Gasteiger partial charge in [-0.15, -0.1) is 0 Å². The average Bonchev–Trinajstić information content (AvgIpc) is 2.09. The molecule has 15 heavy (non-hydrogen) atoms. The molecule has 0 aromatic rings. The Morgan fingerprint density at radius 1 is 1.33 bits per heavy atom. The van der Waals surface area contributed by atoms with Crippen LogP contribution in [0.2, 0.25) is 0 Å². The lowest BCUT2D eigenvalue weighted by Gasteiger charge is -2.26. The van der Waals surface area contributed by atoms with Crippen molar-refractivity contribution in [2.45, 2.75) is 48.0 Å². The molecule has 0 aliphatic heterocycles. The largest absolute Gasteiger partial charge is 0.403 e. The number of nitrogens with two attached hydrogens (primary N) is 1. The Morgan fingerprint density at radius 2 is 1.87 bits per heavy atom. The molecule has 0 fully saturated rings. The Balaban J connectivity index is 4.62. The molecule has 88 valence electrons. The third kappa shape index (κ3) is 5.01.